The summed E-state index contributed by atoms with van der Waals surface area (Å²) < 4.78 is 20.9. The number of benzene rings is 2. The molecule has 0 unspecified atom stereocenters. The van der Waals surface area contributed by atoms with Gasteiger partial charge in [0.15, 0.2) is 17.3 Å². The Balaban J connectivity index is 1.49. The van der Waals surface area contributed by atoms with Gasteiger partial charge in [-0.1, -0.05) is 11.6 Å². The zero-order chi connectivity index (χ0) is 20.2. The van der Waals surface area contributed by atoms with Gasteiger partial charge < -0.3 is 18.6 Å². The summed E-state index contributed by atoms with van der Waals surface area (Å²) in [4.78, 5) is 24.4. The number of esters is 1. The van der Waals surface area contributed by atoms with Crippen LogP contribution in [0.4, 0.5) is 0 Å². The Bertz CT molecular complexity index is 1090. The summed E-state index contributed by atoms with van der Waals surface area (Å²) in [5, 5.41) is 4.26. The van der Waals surface area contributed by atoms with Gasteiger partial charge in [-0.2, -0.15) is 5.10 Å². The maximum atomic E-state index is 12.5. The van der Waals surface area contributed by atoms with Crippen LogP contribution in [0.3, 0.4) is 0 Å². The highest BCUT2D eigenvalue weighted by Gasteiger charge is 2.18. The quantitative estimate of drug-likeness (QED) is 0.297. The van der Waals surface area contributed by atoms with Crippen LogP contribution in [0, 0.1) is 0 Å². The first-order chi connectivity index (χ1) is 14.1. The predicted octanol–water partition coefficient (Wildman–Crippen LogP) is 3.64. The number of rotatable bonds is 5. The standard InChI is InChI=1S/C20H13ClN2O6/c21-14-4-6-15(13(8-14)10-22-23-19(24)17-2-1-7-26-17)29-20(25)12-3-5-16-18(9-12)28-11-27-16/h1-10H,11H2,(H,23,24). The number of hydrazone groups is 1. The number of fused-ring (bicyclic) bond motifs is 1. The van der Waals surface area contributed by atoms with Gasteiger partial charge in [-0.3, -0.25) is 4.79 Å². The number of carbonyl (C=O) groups is 2. The summed E-state index contributed by atoms with van der Waals surface area (Å²) in [5.41, 5.74) is 3.00. The van der Waals surface area contributed by atoms with Crippen LogP contribution < -0.4 is 19.6 Å². The number of hydrogen-bond acceptors (Lipinski definition) is 7. The Labute approximate surface area is 169 Å². The normalized spacial score (nSPS) is 12.2. The lowest BCUT2D eigenvalue weighted by atomic mass is 10.2. The molecule has 0 fully saturated rings. The molecular weight excluding hydrogens is 400 g/mol. The number of halogens is 1. The molecule has 1 aromatic heterocycles. The van der Waals surface area contributed by atoms with Gasteiger partial charge in [-0.05, 0) is 48.5 Å². The van der Waals surface area contributed by atoms with Crippen molar-refractivity contribution in [2.24, 2.45) is 5.10 Å². The van der Waals surface area contributed by atoms with Crippen molar-refractivity contribution in [2.45, 2.75) is 0 Å². The molecule has 0 radical (unpaired) electrons. The van der Waals surface area contributed by atoms with E-state index >= 15 is 0 Å². The second-order valence-corrected chi connectivity index (χ2v) is 6.25. The summed E-state index contributed by atoms with van der Waals surface area (Å²) in [6.45, 7) is 0.107. The van der Waals surface area contributed by atoms with Crippen LogP contribution in [0.1, 0.15) is 26.5 Å². The molecule has 29 heavy (non-hydrogen) atoms. The van der Waals surface area contributed by atoms with E-state index in [1.54, 1.807) is 30.3 Å². The molecule has 2 heterocycles. The van der Waals surface area contributed by atoms with Gasteiger partial charge in [0.1, 0.15) is 5.75 Å². The van der Waals surface area contributed by atoms with Crippen molar-refractivity contribution >= 4 is 29.7 Å². The molecular formula is C20H13ClN2O6. The minimum absolute atomic E-state index is 0.107. The minimum atomic E-state index is -0.597. The van der Waals surface area contributed by atoms with E-state index < -0.39 is 11.9 Å². The first-order valence-electron chi connectivity index (χ1n) is 8.38. The zero-order valence-corrected chi connectivity index (χ0v) is 15.5. The molecule has 8 nitrogen and oxygen atoms in total. The minimum Gasteiger partial charge on any atom is -0.459 e. The summed E-state index contributed by atoms with van der Waals surface area (Å²) in [6, 6.07) is 12.5. The Morgan fingerprint density at radius 1 is 1.10 bits per heavy atom. The van der Waals surface area contributed by atoms with Crippen molar-refractivity contribution in [3.63, 3.8) is 0 Å². The number of nitrogens with zero attached hydrogens (tertiary/aromatic N) is 1. The fourth-order valence-corrected chi connectivity index (χ4v) is 2.70. The van der Waals surface area contributed by atoms with Crippen molar-refractivity contribution in [3.05, 3.63) is 76.7 Å². The molecule has 4 rings (SSSR count). The lowest BCUT2D eigenvalue weighted by molar-refractivity contribution is 0.0733. The van der Waals surface area contributed by atoms with Crippen LogP contribution in [0.25, 0.3) is 0 Å². The van der Waals surface area contributed by atoms with E-state index in [-0.39, 0.29) is 18.3 Å². The number of ether oxygens (including phenoxy) is 3. The molecule has 2 aromatic carbocycles. The van der Waals surface area contributed by atoms with E-state index in [2.05, 4.69) is 10.5 Å². The highest BCUT2D eigenvalue weighted by Crippen LogP contribution is 2.33. The average Bonchev–Trinajstić information content (AvgIpc) is 3.41. The van der Waals surface area contributed by atoms with Gasteiger partial charge in [-0.25, -0.2) is 10.2 Å². The molecule has 0 saturated heterocycles. The van der Waals surface area contributed by atoms with Crippen molar-refractivity contribution in [1.82, 2.24) is 5.43 Å². The van der Waals surface area contributed by atoms with Crippen LogP contribution in [-0.4, -0.2) is 24.9 Å². The first-order valence-corrected chi connectivity index (χ1v) is 8.76. The monoisotopic (exact) mass is 412 g/mol. The highest BCUT2D eigenvalue weighted by atomic mass is 35.5. The van der Waals surface area contributed by atoms with Crippen LogP contribution in [0.15, 0.2) is 64.3 Å². The third-order valence-electron chi connectivity index (χ3n) is 3.90. The molecule has 0 atom stereocenters. The Hall–Kier alpha value is -3.78. The van der Waals surface area contributed by atoms with Gasteiger partial charge in [0.05, 0.1) is 18.0 Å². The lowest BCUT2D eigenvalue weighted by Gasteiger charge is -2.08. The van der Waals surface area contributed by atoms with Gasteiger partial charge in [-0.15, -0.1) is 0 Å². The van der Waals surface area contributed by atoms with Gasteiger partial charge in [0.25, 0.3) is 0 Å². The lowest BCUT2D eigenvalue weighted by Crippen LogP contribution is -2.17. The van der Waals surface area contributed by atoms with Crippen molar-refractivity contribution in [1.29, 1.82) is 0 Å². The topological polar surface area (TPSA) is 99.4 Å². The molecule has 0 saturated carbocycles. The average molecular weight is 413 g/mol. The summed E-state index contributed by atoms with van der Waals surface area (Å²) in [7, 11) is 0. The van der Waals surface area contributed by atoms with E-state index in [4.69, 9.17) is 30.2 Å². The Morgan fingerprint density at radius 3 is 2.79 bits per heavy atom. The van der Waals surface area contributed by atoms with E-state index in [0.29, 0.717) is 27.6 Å². The van der Waals surface area contributed by atoms with Crippen LogP contribution in [-0.2, 0) is 0 Å². The zero-order valence-electron chi connectivity index (χ0n) is 14.8. The van der Waals surface area contributed by atoms with Gasteiger partial charge >= 0.3 is 11.9 Å². The van der Waals surface area contributed by atoms with E-state index in [0.717, 1.165) is 0 Å². The maximum absolute atomic E-state index is 12.5. The van der Waals surface area contributed by atoms with E-state index in [1.165, 1.54) is 30.7 Å². The number of nitrogens with one attached hydrogen (secondary N) is 1. The molecule has 1 aliphatic rings. The van der Waals surface area contributed by atoms with Crippen LogP contribution >= 0.6 is 11.6 Å². The van der Waals surface area contributed by atoms with E-state index in [1.807, 2.05) is 0 Å². The van der Waals surface area contributed by atoms with Crippen LogP contribution in [0.2, 0.25) is 5.02 Å². The smallest absolute Gasteiger partial charge is 0.343 e. The largest absolute Gasteiger partial charge is 0.459 e. The SMILES string of the molecule is O=C(Oc1ccc(Cl)cc1C=NNC(=O)c1ccco1)c1ccc2c(c1)OCO2. The summed E-state index contributed by atoms with van der Waals surface area (Å²) in [6.07, 6.45) is 2.69. The summed E-state index contributed by atoms with van der Waals surface area (Å²) in [5.74, 6) is 0.244. The molecule has 0 spiro atoms. The van der Waals surface area contributed by atoms with E-state index in [9.17, 15) is 9.59 Å². The second kappa shape index (κ2) is 8.07. The second-order valence-electron chi connectivity index (χ2n) is 5.82. The predicted molar refractivity (Wildman–Crippen MR) is 103 cm³/mol. The van der Waals surface area contributed by atoms with Crippen molar-refractivity contribution in [2.75, 3.05) is 6.79 Å². The number of carbonyl (C=O) groups excluding carboxylic acids is 2. The molecule has 146 valence electrons. The molecule has 9 heteroatoms. The molecule has 0 bridgehead atoms. The highest BCUT2D eigenvalue weighted by molar-refractivity contribution is 6.31. The Morgan fingerprint density at radius 2 is 1.97 bits per heavy atom. The number of amides is 1. The third kappa shape index (κ3) is 4.22. The van der Waals surface area contributed by atoms with Crippen molar-refractivity contribution < 1.29 is 28.2 Å². The summed E-state index contributed by atoms with van der Waals surface area (Å²) >= 11 is 6.02. The molecule has 3 aromatic rings. The number of furan rings is 1. The van der Waals surface area contributed by atoms with Gasteiger partial charge in [0, 0.05) is 10.6 Å². The van der Waals surface area contributed by atoms with Crippen LogP contribution in [0.5, 0.6) is 17.2 Å². The third-order valence-corrected chi connectivity index (χ3v) is 4.13. The fourth-order valence-electron chi connectivity index (χ4n) is 2.52. The van der Waals surface area contributed by atoms with Gasteiger partial charge in [0.2, 0.25) is 6.79 Å². The number of hydrogen-bond donors (Lipinski definition) is 1. The first kappa shape index (κ1) is 18.6. The molecule has 1 N–H and O–H groups in total. The van der Waals surface area contributed by atoms with Crippen molar-refractivity contribution in [3.8, 4) is 17.2 Å². The maximum Gasteiger partial charge on any atom is 0.343 e. The Kier molecular flexibility index (Phi) is 5.17. The molecule has 1 amide bonds. The molecule has 1 aliphatic heterocycles. The molecule has 0 aliphatic carbocycles. The fraction of sp³-hybridized carbons (Fsp3) is 0.0500.